The van der Waals surface area contributed by atoms with Gasteiger partial charge in [0, 0.05) is 4.88 Å². The molecule has 0 atom stereocenters. The third-order valence-corrected chi connectivity index (χ3v) is 2.57. The molecule has 15 heavy (non-hydrogen) atoms. The molecule has 0 unspecified atom stereocenters. The van der Waals surface area contributed by atoms with E-state index in [0.717, 1.165) is 4.88 Å². The molecule has 0 amide bonds. The van der Waals surface area contributed by atoms with Gasteiger partial charge in [-0.1, -0.05) is 0 Å². The Balaban J connectivity index is 2.41. The molecule has 4 nitrogen and oxygen atoms in total. The van der Waals surface area contributed by atoms with Gasteiger partial charge in [0.1, 0.15) is 4.88 Å². The molecule has 0 saturated heterocycles. The quantitative estimate of drug-likeness (QED) is 0.777. The summed E-state index contributed by atoms with van der Waals surface area (Å²) in [5.74, 6) is -0.886. The fraction of sp³-hybridized carbons (Fsp3) is 0.500. The molecule has 0 bridgehead atoms. The van der Waals surface area contributed by atoms with Gasteiger partial charge in [-0.25, -0.2) is 4.79 Å². The number of carboxylic acid groups (broad SMARTS) is 1. The van der Waals surface area contributed by atoms with E-state index < -0.39 is 5.97 Å². The summed E-state index contributed by atoms with van der Waals surface area (Å²) in [6, 6.07) is 3.38. The Bertz CT molecular complexity index is 341. The monoisotopic (exact) mass is 229 g/mol. The van der Waals surface area contributed by atoms with Gasteiger partial charge in [-0.05, 0) is 32.9 Å². The Kier molecular flexibility index (Phi) is 3.84. The van der Waals surface area contributed by atoms with E-state index in [4.69, 9.17) is 9.94 Å². The second-order valence-corrected chi connectivity index (χ2v) is 5.27. The molecule has 2 N–H and O–H groups in total. The van der Waals surface area contributed by atoms with E-state index in [9.17, 15) is 4.79 Å². The van der Waals surface area contributed by atoms with E-state index in [1.165, 1.54) is 11.3 Å². The van der Waals surface area contributed by atoms with Gasteiger partial charge in [0.05, 0.1) is 12.1 Å². The van der Waals surface area contributed by atoms with Crippen LogP contribution in [0.5, 0.6) is 0 Å². The summed E-state index contributed by atoms with van der Waals surface area (Å²) in [6.07, 6.45) is 0. The van der Waals surface area contributed by atoms with Crippen LogP contribution in [0.1, 0.15) is 35.3 Å². The lowest BCUT2D eigenvalue weighted by Crippen LogP contribution is -2.28. The molecule has 1 aromatic heterocycles. The Morgan fingerprint density at radius 1 is 1.53 bits per heavy atom. The highest BCUT2D eigenvalue weighted by Gasteiger charge is 2.11. The lowest BCUT2D eigenvalue weighted by molar-refractivity contribution is -0.0754. The van der Waals surface area contributed by atoms with Crippen molar-refractivity contribution in [2.24, 2.45) is 0 Å². The number of carboxylic acids is 1. The van der Waals surface area contributed by atoms with Crippen LogP contribution < -0.4 is 5.48 Å². The van der Waals surface area contributed by atoms with Gasteiger partial charge in [-0.3, -0.25) is 4.84 Å². The second kappa shape index (κ2) is 4.74. The lowest BCUT2D eigenvalue weighted by atomic mass is 10.2. The van der Waals surface area contributed by atoms with Crippen LogP contribution in [0.4, 0.5) is 0 Å². The lowest BCUT2D eigenvalue weighted by Gasteiger charge is -2.18. The molecule has 1 heterocycles. The van der Waals surface area contributed by atoms with E-state index in [1.807, 2.05) is 20.8 Å². The highest BCUT2D eigenvalue weighted by molar-refractivity contribution is 7.13. The number of hydrogen-bond donors (Lipinski definition) is 2. The molecule has 84 valence electrons. The van der Waals surface area contributed by atoms with Crippen molar-refractivity contribution >= 4 is 17.3 Å². The maximum Gasteiger partial charge on any atom is 0.345 e. The Morgan fingerprint density at radius 3 is 2.67 bits per heavy atom. The van der Waals surface area contributed by atoms with Crippen LogP contribution in [-0.2, 0) is 11.4 Å². The van der Waals surface area contributed by atoms with Gasteiger partial charge < -0.3 is 5.11 Å². The third-order valence-electron chi connectivity index (χ3n) is 1.50. The summed E-state index contributed by atoms with van der Waals surface area (Å²) in [7, 11) is 0. The maximum atomic E-state index is 10.6. The minimum absolute atomic E-state index is 0.243. The van der Waals surface area contributed by atoms with Crippen molar-refractivity contribution in [3.63, 3.8) is 0 Å². The van der Waals surface area contributed by atoms with Crippen LogP contribution in [-0.4, -0.2) is 16.7 Å². The van der Waals surface area contributed by atoms with Crippen molar-refractivity contribution in [1.82, 2.24) is 5.48 Å². The van der Waals surface area contributed by atoms with Crippen molar-refractivity contribution in [2.75, 3.05) is 0 Å². The van der Waals surface area contributed by atoms with Gasteiger partial charge in [-0.15, -0.1) is 11.3 Å². The molecule has 1 aromatic rings. The summed E-state index contributed by atoms with van der Waals surface area (Å²) in [5.41, 5.74) is 2.57. The summed E-state index contributed by atoms with van der Waals surface area (Å²) < 4.78 is 0. The Labute approximate surface area is 92.8 Å². The van der Waals surface area contributed by atoms with Crippen molar-refractivity contribution in [3.8, 4) is 0 Å². The Morgan fingerprint density at radius 2 is 2.20 bits per heavy atom. The first-order chi connectivity index (χ1) is 6.88. The van der Waals surface area contributed by atoms with E-state index >= 15 is 0 Å². The zero-order valence-corrected chi connectivity index (χ0v) is 9.85. The normalized spacial score (nSPS) is 11.7. The molecular formula is C10H15NO3S. The first kappa shape index (κ1) is 12.2. The molecule has 5 heteroatoms. The predicted octanol–water partition coefficient (Wildman–Crippen LogP) is 2.27. The zero-order chi connectivity index (χ0) is 11.5. The molecule has 0 aliphatic heterocycles. The molecule has 0 fully saturated rings. The number of thiophene rings is 1. The maximum absolute atomic E-state index is 10.6. The van der Waals surface area contributed by atoms with Crippen LogP contribution in [0, 0.1) is 0 Å². The number of hydrogen-bond acceptors (Lipinski definition) is 4. The highest BCUT2D eigenvalue weighted by Crippen LogP contribution is 2.16. The summed E-state index contributed by atoms with van der Waals surface area (Å²) in [5, 5.41) is 8.71. The van der Waals surface area contributed by atoms with Crippen LogP contribution >= 0.6 is 11.3 Å². The van der Waals surface area contributed by atoms with Crippen LogP contribution in [0.15, 0.2) is 12.1 Å². The molecule has 0 aromatic carbocycles. The molecule has 0 saturated carbocycles. The van der Waals surface area contributed by atoms with Crippen LogP contribution in [0.2, 0.25) is 0 Å². The molecule has 0 radical (unpaired) electrons. The first-order valence-electron chi connectivity index (χ1n) is 4.61. The largest absolute Gasteiger partial charge is 0.477 e. The fourth-order valence-electron chi connectivity index (χ4n) is 0.912. The van der Waals surface area contributed by atoms with E-state index in [0.29, 0.717) is 11.4 Å². The Hall–Kier alpha value is -0.910. The van der Waals surface area contributed by atoms with Gasteiger partial charge >= 0.3 is 5.97 Å². The zero-order valence-electron chi connectivity index (χ0n) is 9.03. The van der Waals surface area contributed by atoms with Crippen molar-refractivity contribution in [2.45, 2.75) is 32.9 Å². The average Bonchev–Trinajstić information content (AvgIpc) is 2.50. The van der Waals surface area contributed by atoms with Gasteiger partial charge in [0.2, 0.25) is 0 Å². The summed E-state index contributed by atoms with van der Waals surface area (Å²) in [4.78, 5) is 17.2. The fourth-order valence-corrected chi connectivity index (χ4v) is 1.68. The van der Waals surface area contributed by atoms with Crippen molar-refractivity contribution in [1.29, 1.82) is 0 Å². The smallest absolute Gasteiger partial charge is 0.345 e. The number of nitrogens with one attached hydrogen (secondary N) is 1. The van der Waals surface area contributed by atoms with Crippen LogP contribution in [0.3, 0.4) is 0 Å². The number of carbonyl (C=O) groups is 1. The third kappa shape index (κ3) is 4.42. The van der Waals surface area contributed by atoms with Gasteiger partial charge in [-0.2, -0.15) is 5.48 Å². The highest BCUT2D eigenvalue weighted by atomic mass is 32.1. The molecule has 0 spiro atoms. The molecule has 1 rings (SSSR count). The predicted molar refractivity (Wildman–Crippen MR) is 59.0 cm³/mol. The standard InChI is InChI=1S/C10H15NO3S/c1-10(2,3)14-11-6-7-4-5-8(15-7)9(12)13/h4-5,11H,6H2,1-3H3,(H,12,13). The van der Waals surface area contributed by atoms with Crippen molar-refractivity contribution < 1.29 is 14.7 Å². The first-order valence-corrected chi connectivity index (χ1v) is 5.43. The van der Waals surface area contributed by atoms with Crippen LogP contribution in [0.25, 0.3) is 0 Å². The average molecular weight is 229 g/mol. The van der Waals surface area contributed by atoms with E-state index in [2.05, 4.69) is 5.48 Å². The SMILES string of the molecule is CC(C)(C)ONCc1ccc(C(=O)O)s1. The summed E-state index contributed by atoms with van der Waals surface area (Å²) in [6.45, 7) is 6.35. The summed E-state index contributed by atoms with van der Waals surface area (Å²) >= 11 is 1.25. The second-order valence-electron chi connectivity index (χ2n) is 4.11. The minimum atomic E-state index is -0.886. The number of hydroxylamine groups is 1. The molecular weight excluding hydrogens is 214 g/mol. The molecule has 0 aliphatic carbocycles. The van der Waals surface area contributed by atoms with E-state index in [1.54, 1.807) is 12.1 Å². The molecule has 0 aliphatic rings. The van der Waals surface area contributed by atoms with Crippen molar-refractivity contribution in [3.05, 3.63) is 21.9 Å². The minimum Gasteiger partial charge on any atom is -0.477 e. The van der Waals surface area contributed by atoms with Gasteiger partial charge in [0.15, 0.2) is 0 Å². The van der Waals surface area contributed by atoms with E-state index in [-0.39, 0.29) is 5.60 Å². The van der Waals surface area contributed by atoms with Gasteiger partial charge in [0.25, 0.3) is 0 Å². The number of rotatable bonds is 4. The topological polar surface area (TPSA) is 58.6 Å². The number of aromatic carboxylic acids is 1.